The van der Waals surface area contributed by atoms with E-state index in [9.17, 15) is 24.3 Å². The monoisotopic (exact) mass is 1440 g/mol. The first-order valence-electron chi connectivity index (χ1n) is 32.6. The van der Waals surface area contributed by atoms with Crippen molar-refractivity contribution in [3.8, 4) is 48.3 Å². The van der Waals surface area contributed by atoms with E-state index in [1.165, 1.54) is 22.3 Å². The quantitative estimate of drug-likeness (QED) is 0.0180. The van der Waals surface area contributed by atoms with Crippen LogP contribution in [0.5, 0.6) is 5.75 Å². The van der Waals surface area contributed by atoms with Gasteiger partial charge in [-0.25, -0.2) is 9.97 Å². The van der Waals surface area contributed by atoms with Gasteiger partial charge in [0.05, 0.1) is 32.3 Å². The summed E-state index contributed by atoms with van der Waals surface area (Å²) in [5.74, 6) is 4.16. The number of thiophene rings is 4. The number of carbonyl (C=O) groups excluding carboxylic acids is 4. The molecule has 0 saturated heterocycles. The van der Waals surface area contributed by atoms with E-state index in [4.69, 9.17) is 22.5 Å². The first-order valence-corrected chi connectivity index (χ1v) is 36.1. The number of fused-ring (bicyclic) bond motifs is 1. The van der Waals surface area contributed by atoms with Crippen molar-refractivity contribution in [2.24, 2.45) is 0 Å². The van der Waals surface area contributed by atoms with Crippen molar-refractivity contribution in [1.82, 2.24) is 72.8 Å². The van der Waals surface area contributed by atoms with Gasteiger partial charge in [-0.15, -0.1) is 45.3 Å². The van der Waals surface area contributed by atoms with Gasteiger partial charge in [0.1, 0.15) is 17.3 Å². The summed E-state index contributed by atoms with van der Waals surface area (Å²) in [6.07, 6.45) is 8.78. The fourth-order valence-electron chi connectivity index (χ4n) is 9.55. The van der Waals surface area contributed by atoms with E-state index in [1.54, 1.807) is 70.5 Å². The Bertz CT molecular complexity index is 4590. The highest BCUT2D eigenvalue weighted by atomic mass is 32.1. The number of nitrogens with one attached hydrogen (secondary N) is 9. The van der Waals surface area contributed by atoms with Crippen LogP contribution >= 0.6 is 45.3 Å². The standard InChI is InChI=1S/C20H20N4O2S.C19H21N3O3S.C17H18N4O2S.C16H18N4O3S/c25-20(17-11-18(26-24-17)19-7-3-10-27-19)22-9-4-8-21-12-14-13-23-16-6-2-1-5-15(14)16;1-13-5-6-14(10-16(13)23)12-20-7-3-8-21-19(24)15-11-17(25-22-15)18-4-2-9-26-18;1-12-5-6-16(20-11-12)18-7-3-8-19-17(22)13-10-14(23-21-13)15-4-2-9-24-15;1-11-19-10-12(22-11)9-17-5-3-6-18-16(21)13-8-14(23-20-13)15-4-2-7-24-15/h1-3,5-7,10-11,13,21,23H,4,8-9,12H2,(H,22,25);2,4-6,9-11,20,23H,3,7-8,12H2,1H3,(H,21,24);2,4-6,9-11H,3,7-8H2,1H3,(H,18,20)(H,19,22);2,4,7-8,10,17H,3,5-6,9H2,1H3,(H,18,21). The summed E-state index contributed by atoms with van der Waals surface area (Å²) in [6, 6.07) is 39.9. The zero-order valence-electron chi connectivity index (χ0n) is 55.7. The lowest BCUT2D eigenvalue weighted by Crippen LogP contribution is -2.27. The third-order valence-corrected chi connectivity index (χ3v) is 18.4. The number of carbonyl (C=O) groups is 4. The zero-order chi connectivity index (χ0) is 70.4. The van der Waals surface area contributed by atoms with Crippen molar-refractivity contribution < 1.29 is 46.8 Å². The number of aromatic hydroxyl groups is 1. The van der Waals surface area contributed by atoms with Gasteiger partial charge >= 0.3 is 0 Å². The van der Waals surface area contributed by atoms with Crippen LogP contribution < -0.4 is 42.5 Å². The summed E-state index contributed by atoms with van der Waals surface area (Å²) in [4.78, 5) is 63.6. The lowest BCUT2D eigenvalue weighted by atomic mass is 10.1. The third kappa shape index (κ3) is 22.9. The first-order chi connectivity index (χ1) is 49.4. The van der Waals surface area contributed by atoms with Crippen molar-refractivity contribution in [3.63, 3.8) is 0 Å². The molecule has 0 bridgehead atoms. The smallest absolute Gasteiger partial charge is 0.273 e. The summed E-state index contributed by atoms with van der Waals surface area (Å²) < 4.78 is 26.2. The molecule has 0 saturated carbocycles. The van der Waals surface area contributed by atoms with Crippen molar-refractivity contribution in [2.75, 3.05) is 57.7 Å². The van der Waals surface area contributed by atoms with Gasteiger partial charge in [-0.3, -0.25) is 19.2 Å². The highest BCUT2D eigenvalue weighted by molar-refractivity contribution is 7.14. The lowest BCUT2D eigenvalue weighted by molar-refractivity contribution is 0.0936. The number of benzene rings is 2. The Morgan fingerprint density at radius 2 is 0.921 bits per heavy atom. The highest BCUT2D eigenvalue weighted by Crippen LogP contribution is 2.29. The van der Waals surface area contributed by atoms with Gasteiger partial charge in [0.15, 0.2) is 51.7 Å². The lowest BCUT2D eigenvalue weighted by Gasteiger charge is -2.07. The van der Waals surface area contributed by atoms with Gasteiger partial charge in [0.2, 0.25) is 0 Å². The van der Waals surface area contributed by atoms with Crippen molar-refractivity contribution in [1.29, 1.82) is 0 Å². The molecule has 0 aliphatic heterocycles. The number of rotatable bonds is 31. The van der Waals surface area contributed by atoms with E-state index in [0.717, 1.165) is 112 Å². The molecule has 524 valence electrons. The molecular formula is C72H77N15O10S4. The molecule has 29 heteroatoms. The molecule has 0 spiro atoms. The number of para-hydroxylation sites is 1. The number of aryl methyl sites for hydroxylation is 3. The van der Waals surface area contributed by atoms with E-state index in [2.05, 4.69) is 90.2 Å². The van der Waals surface area contributed by atoms with Crippen LogP contribution in [0.15, 0.2) is 190 Å². The highest BCUT2D eigenvalue weighted by Gasteiger charge is 2.18. The maximum atomic E-state index is 12.1. The molecule has 2 aromatic carbocycles. The first kappa shape index (κ1) is 73.1. The summed E-state index contributed by atoms with van der Waals surface area (Å²) in [6.45, 7) is 13.1. The minimum absolute atomic E-state index is 0.210. The molecule has 11 heterocycles. The second kappa shape index (κ2) is 38.6. The Balaban J connectivity index is 0.000000145. The maximum Gasteiger partial charge on any atom is 0.273 e. The minimum atomic E-state index is -0.236. The Morgan fingerprint density at radius 1 is 0.465 bits per heavy atom. The van der Waals surface area contributed by atoms with Crippen LogP contribution in [0.3, 0.4) is 0 Å². The van der Waals surface area contributed by atoms with Crippen LogP contribution in [0, 0.1) is 20.8 Å². The number of phenols is 1. The van der Waals surface area contributed by atoms with Crippen LogP contribution in [-0.2, 0) is 19.6 Å². The van der Waals surface area contributed by atoms with Gasteiger partial charge in [-0.2, -0.15) is 0 Å². The van der Waals surface area contributed by atoms with E-state index in [-0.39, 0.29) is 29.3 Å². The normalized spacial score (nSPS) is 10.8. The number of anilines is 1. The number of pyridine rings is 1. The number of nitrogens with zero attached hydrogens (tertiary/aromatic N) is 6. The number of amides is 4. The Kier molecular flexibility index (Phi) is 27.9. The van der Waals surface area contributed by atoms with Crippen LogP contribution in [0.4, 0.5) is 5.82 Å². The van der Waals surface area contributed by atoms with Crippen molar-refractivity contribution in [2.45, 2.75) is 66.1 Å². The fraction of sp³-hybridized carbons (Fsp3) is 0.250. The number of aromatic amines is 1. The van der Waals surface area contributed by atoms with Gasteiger partial charge < -0.3 is 75.1 Å². The third-order valence-electron chi connectivity index (χ3n) is 14.9. The van der Waals surface area contributed by atoms with Gasteiger partial charge in [0, 0.05) is 100 Å². The zero-order valence-corrected chi connectivity index (χ0v) is 59.0. The van der Waals surface area contributed by atoms with Gasteiger partial charge in [0.25, 0.3) is 23.6 Å². The minimum Gasteiger partial charge on any atom is -0.508 e. The molecule has 0 fully saturated rings. The SMILES string of the molecule is Cc1ccc(CNCCCNC(=O)c2cc(-c3cccs3)on2)cc1O.Cc1ccc(NCCCNC(=O)c2cc(-c3cccs3)on2)nc1.Cc1ncc(CNCCCNC(=O)c2cc(-c3cccs3)on2)o1.O=C(NCCCNCc1c[nH]c2ccccc12)c1cc(-c2cccs2)on1. The van der Waals surface area contributed by atoms with Crippen molar-refractivity contribution >= 4 is 85.7 Å². The summed E-state index contributed by atoms with van der Waals surface area (Å²) in [5, 5.41) is 58.6. The average molecular weight is 1440 g/mol. The molecule has 13 aromatic rings. The molecule has 25 nitrogen and oxygen atoms in total. The topological polar surface area (TPSA) is 344 Å². The number of hydrogen-bond donors (Lipinski definition) is 10. The van der Waals surface area contributed by atoms with E-state index in [0.29, 0.717) is 91.0 Å². The molecule has 0 atom stereocenters. The van der Waals surface area contributed by atoms with Gasteiger partial charge in [-0.1, -0.05) is 81.3 Å². The maximum absolute atomic E-state index is 12.1. The second-order valence-electron chi connectivity index (χ2n) is 22.7. The molecule has 10 N–H and O–H groups in total. The summed E-state index contributed by atoms with van der Waals surface area (Å²) in [5.41, 5.74) is 6.61. The molecular weight excluding hydrogens is 1360 g/mol. The van der Waals surface area contributed by atoms with E-state index in [1.807, 2.05) is 140 Å². The average Bonchev–Trinajstić information content (AvgIpc) is 2.11. The van der Waals surface area contributed by atoms with E-state index < -0.39 is 0 Å². The number of oxazole rings is 1. The predicted molar refractivity (Wildman–Crippen MR) is 392 cm³/mol. The Morgan fingerprint density at radius 3 is 1.35 bits per heavy atom. The molecule has 11 aromatic heterocycles. The van der Waals surface area contributed by atoms with Crippen LogP contribution in [-0.4, -0.2) is 117 Å². The van der Waals surface area contributed by atoms with Crippen LogP contribution in [0.1, 0.15) is 102 Å². The summed E-state index contributed by atoms with van der Waals surface area (Å²) >= 11 is 6.18. The van der Waals surface area contributed by atoms with Crippen LogP contribution in [0.25, 0.3) is 53.5 Å². The molecule has 13 rings (SSSR count). The Labute approximate surface area is 597 Å². The molecule has 4 amide bonds. The number of H-pyrrole nitrogens is 1. The largest absolute Gasteiger partial charge is 0.508 e. The van der Waals surface area contributed by atoms with Gasteiger partial charge in [-0.05, 0) is 145 Å². The molecule has 0 radical (unpaired) electrons. The van der Waals surface area contributed by atoms with E-state index >= 15 is 0 Å². The fourth-order valence-corrected chi connectivity index (χ4v) is 12.2. The molecule has 0 aliphatic carbocycles. The van der Waals surface area contributed by atoms with Crippen LogP contribution in [0.2, 0.25) is 0 Å². The van der Waals surface area contributed by atoms with Crippen molar-refractivity contribution in [3.05, 3.63) is 224 Å². The number of phenolic OH excluding ortho intramolecular Hbond substituents is 1. The predicted octanol–water partition coefficient (Wildman–Crippen LogP) is 13.1. The summed E-state index contributed by atoms with van der Waals surface area (Å²) in [7, 11) is 0. The molecule has 0 aliphatic rings. The second-order valence-corrected chi connectivity index (χ2v) is 26.4. The molecule has 101 heavy (non-hydrogen) atoms. The number of hydrogen-bond acceptors (Lipinski definition) is 24. The number of aromatic nitrogens is 7. The Hall–Kier alpha value is -10.7. The molecule has 0 unspecified atom stereocenters.